The van der Waals surface area contributed by atoms with Gasteiger partial charge in [0, 0.05) is 46.1 Å². The molecule has 0 radical (unpaired) electrons. The van der Waals surface area contributed by atoms with E-state index >= 15 is 0 Å². The normalized spacial score (nSPS) is 17.0. The molecule has 25 heavy (non-hydrogen) atoms. The number of carbonyl (C=O) groups is 2. The first-order valence-corrected chi connectivity index (χ1v) is 8.75. The Balaban J connectivity index is 1.43. The molecule has 1 fully saturated rings. The van der Waals surface area contributed by atoms with Crippen molar-refractivity contribution in [2.24, 2.45) is 7.05 Å². The van der Waals surface area contributed by atoms with Gasteiger partial charge in [0.25, 0.3) is 0 Å². The van der Waals surface area contributed by atoms with Crippen LogP contribution in [-0.4, -0.2) is 52.1 Å². The Labute approximate surface area is 147 Å². The number of carbonyl (C=O) groups excluding carboxylic acids is 2. The molecule has 0 bridgehead atoms. The zero-order valence-corrected chi connectivity index (χ0v) is 14.8. The molecule has 7 nitrogen and oxygen atoms in total. The Morgan fingerprint density at radius 2 is 2.12 bits per heavy atom. The number of nitrogens with zero attached hydrogens (tertiary/aromatic N) is 3. The Kier molecular flexibility index (Phi) is 5.21. The van der Waals surface area contributed by atoms with Crippen LogP contribution in [0.4, 0.5) is 4.79 Å². The van der Waals surface area contributed by atoms with Crippen LogP contribution in [-0.2, 0) is 18.3 Å². The van der Waals surface area contributed by atoms with Crippen molar-refractivity contribution < 1.29 is 9.59 Å². The number of amides is 3. The lowest BCUT2D eigenvalue weighted by Crippen LogP contribution is -2.42. The van der Waals surface area contributed by atoms with Crippen molar-refractivity contribution in [2.45, 2.75) is 32.2 Å². The number of para-hydroxylation sites is 2. The topological polar surface area (TPSA) is 79.3 Å². The molecule has 7 heteroatoms. The molecule has 1 aliphatic rings. The number of aromatic nitrogens is 2. The molecule has 2 N–H and O–H groups in total. The average molecular weight is 343 g/mol. The molecule has 2 aromatic rings. The Hall–Kier alpha value is -2.57. The molecule has 0 spiro atoms. The number of nitrogens with one attached hydrogen (secondary N) is 2. The SMILES string of the molecule is CC(=O)N[C@@H]1CCN(C(=O)NCCCc2nc3ccccc3n2C)C1. The van der Waals surface area contributed by atoms with Gasteiger partial charge in [0.2, 0.25) is 5.91 Å². The molecule has 3 rings (SSSR count). The highest BCUT2D eigenvalue weighted by molar-refractivity contribution is 5.76. The second-order valence-electron chi connectivity index (χ2n) is 6.54. The van der Waals surface area contributed by atoms with Gasteiger partial charge in [0.05, 0.1) is 11.0 Å². The minimum absolute atomic E-state index is 0.0466. The summed E-state index contributed by atoms with van der Waals surface area (Å²) in [4.78, 5) is 29.7. The number of benzene rings is 1. The summed E-state index contributed by atoms with van der Waals surface area (Å²) in [6.45, 7) is 3.38. The summed E-state index contributed by atoms with van der Waals surface area (Å²) >= 11 is 0. The molecule has 1 aromatic carbocycles. The van der Waals surface area contributed by atoms with E-state index < -0.39 is 0 Å². The molecular weight excluding hydrogens is 318 g/mol. The zero-order chi connectivity index (χ0) is 17.8. The van der Waals surface area contributed by atoms with Crippen molar-refractivity contribution in [3.8, 4) is 0 Å². The van der Waals surface area contributed by atoms with Gasteiger partial charge in [0.15, 0.2) is 0 Å². The average Bonchev–Trinajstić information content (AvgIpc) is 3.16. The highest BCUT2D eigenvalue weighted by Crippen LogP contribution is 2.15. The minimum Gasteiger partial charge on any atom is -0.352 e. The van der Waals surface area contributed by atoms with Crippen LogP contribution >= 0.6 is 0 Å². The monoisotopic (exact) mass is 343 g/mol. The summed E-state index contributed by atoms with van der Waals surface area (Å²) in [6, 6.07) is 8.09. The second kappa shape index (κ2) is 7.55. The van der Waals surface area contributed by atoms with Crippen molar-refractivity contribution in [3.63, 3.8) is 0 Å². The van der Waals surface area contributed by atoms with E-state index in [1.807, 2.05) is 25.2 Å². The molecule has 1 aliphatic heterocycles. The molecule has 0 unspecified atom stereocenters. The van der Waals surface area contributed by atoms with Crippen LogP contribution in [0.25, 0.3) is 11.0 Å². The molecule has 3 amide bonds. The quantitative estimate of drug-likeness (QED) is 0.806. The van der Waals surface area contributed by atoms with E-state index in [1.54, 1.807) is 4.90 Å². The van der Waals surface area contributed by atoms with E-state index in [-0.39, 0.29) is 18.0 Å². The van der Waals surface area contributed by atoms with Gasteiger partial charge in [-0.1, -0.05) is 12.1 Å². The van der Waals surface area contributed by atoms with Gasteiger partial charge in [0.1, 0.15) is 5.82 Å². The maximum absolute atomic E-state index is 12.2. The van der Waals surface area contributed by atoms with Crippen LogP contribution in [0.1, 0.15) is 25.6 Å². The third-order valence-corrected chi connectivity index (χ3v) is 4.62. The van der Waals surface area contributed by atoms with Crippen molar-refractivity contribution in [1.29, 1.82) is 0 Å². The highest BCUT2D eigenvalue weighted by atomic mass is 16.2. The summed E-state index contributed by atoms with van der Waals surface area (Å²) in [5, 5.41) is 5.82. The lowest BCUT2D eigenvalue weighted by Gasteiger charge is -2.17. The zero-order valence-electron chi connectivity index (χ0n) is 14.8. The number of urea groups is 1. The number of hydrogen-bond donors (Lipinski definition) is 2. The Morgan fingerprint density at radius 1 is 1.32 bits per heavy atom. The number of fused-ring (bicyclic) bond motifs is 1. The van der Waals surface area contributed by atoms with Gasteiger partial charge >= 0.3 is 6.03 Å². The van der Waals surface area contributed by atoms with Gasteiger partial charge in [-0.2, -0.15) is 0 Å². The van der Waals surface area contributed by atoms with Crippen molar-refractivity contribution >= 4 is 23.0 Å². The largest absolute Gasteiger partial charge is 0.352 e. The van der Waals surface area contributed by atoms with E-state index in [9.17, 15) is 9.59 Å². The van der Waals surface area contributed by atoms with E-state index in [4.69, 9.17) is 0 Å². The molecular formula is C18H25N5O2. The Morgan fingerprint density at radius 3 is 2.88 bits per heavy atom. The number of rotatable bonds is 5. The van der Waals surface area contributed by atoms with E-state index in [2.05, 4.69) is 26.3 Å². The lowest BCUT2D eigenvalue weighted by molar-refractivity contribution is -0.119. The smallest absolute Gasteiger partial charge is 0.317 e. The van der Waals surface area contributed by atoms with Crippen molar-refractivity contribution in [3.05, 3.63) is 30.1 Å². The predicted molar refractivity (Wildman–Crippen MR) is 96.2 cm³/mol. The van der Waals surface area contributed by atoms with Gasteiger partial charge < -0.3 is 20.1 Å². The van der Waals surface area contributed by atoms with E-state index in [0.29, 0.717) is 19.6 Å². The predicted octanol–water partition coefficient (Wildman–Crippen LogP) is 1.43. The Bertz CT molecular complexity index is 770. The van der Waals surface area contributed by atoms with Crippen LogP contribution in [0, 0.1) is 0 Å². The fourth-order valence-corrected chi connectivity index (χ4v) is 3.32. The third kappa shape index (κ3) is 4.10. The second-order valence-corrected chi connectivity index (χ2v) is 6.54. The number of imidazole rings is 1. The van der Waals surface area contributed by atoms with Gasteiger partial charge in [-0.25, -0.2) is 9.78 Å². The fourth-order valence-electron chi connectivity index (χ4n) is 3.32. The summed E-state index contributed by atoms with van der Waals surface area (Å²) in [6.07, 6.45) is 2.47. The third-order valence-electron chi connectivity index (χ3n) is 4.62. The van der Waals surface area contributed by atoms with Crippen LogP contribution in [0.15, 0.2) is 24.3 Å². The van der Waals surface area contributed by atoms with Crippen LogP contribution in [0.2, 0.25) is 0 Å². The van der Waals surface area contributed by atoms with Crippen molar-refractivity contribution in [2.75, 3.05) is 19.6 Å². The highest BCUT2D eigenvalue weighted by Gasteiger charge is 2.26. The van der Waals surface area contributed by atoms with Gasteiger partial charge in [-0.3, -0.25) is 4.79 Å². The van der Waals surface area contributed by atoms with Gasteiger partial charge in [-0.15, -0.1) is 0 Å². The minimum atomic E-state index is -0.0575. The van der Waals surface area contributed by atoms with Crippen LogP contribution in [0.5, 0.6) is 0 Å². The van der Waals surface area contributed by atoms with Crippen LogP contribution < -0.4 is 10.6 Å². The molecule has 1 atom stereocenters. The maximum Gasteiger partial charge on any atom is 0.317 e. The standard InChI is InChI=1S/C18H25N5O2/c1-13(24)20-14-9-11-23(12-14)18(25)19-10-5-8-17-21-15-6-3-4-7-16(15)22(17)2/h3-4,6-7,14H,5,8-12H2,1-2H3,(H,19,25)(H,20,24)/t14-/m1/s1. The number of hydrogen-bond acceptors (Lipinski definition) is 3. The van der Waals surface area contributed by atoms with Crippen molar-refractivity contribution in [1.82, 2.24) is 25.1 Å². The molecule has 1 aromatic heterocycles. The summed E-state index contributed by atoms with van der Waals surface area (Å²) < 4.78 is 2.11. The molecule has 0 saturated carbocycles. The molecule has 0 aliphatic carbocycles. The van der Waals surface area contributed by atoms with Gasteiger partial charge in [-0.05, 0) is 25.0 Å². The first kappa shape index (κ1) is 17.3. The van der Waals surface area contributed by atoms with E-state index in [1.165, 1.54) is 6.92 Å². The lowest BCUT2D eigenvalue weighted by atomic mass is 10.3. The first-order valence-electron chi connectivity index (χ1n) is 8.75. The maximum atomic E-state index is 12.2. The first-order chi connectivity index (χ1) is 12.0. The van der Waals surface area contributed by atoms with Crippen LogP contribution in [0.3, 0.4) is 0 Å². The number of likely N-dealkylation sites (tertiary alicyclic amines) is 1. The fraction of sp³-hybridized carbons (Fsp3) is 0.500. The summed E-state index contributed by atoms with van der Waals surface area (Å²) in [5.74, 6) is 0.983. The summed E-state index contributed by atoms with van der Waals surface area (Å²) in [7, 11) is 2.02. The molecule has 1 saturated heterocycles. The summed E-state index contributed by atoms with van der Waals surface area (Å²) in [5.41, 5.74) is 2.13. The molecule has 134 valence electrons. The molecule has 2 heterocycles. The van der Waals surface area contributed by atoms with E-state index in [0.717, 1.165) is 36.1 Å². The number of aryl methyl sites for hydroxylation is 2.